The second-order valence-electron chi connectivity index (χ2n) is 14.0. The highest BCUT2D eigenvalue weighted by molar-refractivity contribution is 5.85. The average Bonchev–Trinajstić information content (AvgIpc) is 3.02. The van der Waals surface area contributed by atoms with Crippen molar-refractivity contribution < 1.29 is 9.90 Å². The summed E-state index contributed by atoms with van der Waals surface area (Å²) in [7, 11) is 0. The summed E-state index contributed by atoms with van der Waals surface area (Å²) in [4.78, 5) is 12.8. The predicted molar refractivity (Wildman–Crippen MR) is 138 cm³/mol. The van der Waals surface area contributed by atoms with Gasteiger partial charge >= 0.3 is 0 Å². The smallest absolute Gasteiger partial charge is 0.138 e. The van der Waals surface area contributed by atoms with E-state index in [1.54, 1.807) is 11.1 Å². The molecular formula is C31H50O2. The van der Waals surface area contributed by atoms with Crippen molar-refractivity contribution in [2.24, 2.45) is 45.3 Å². The van der Waals surface area contributed by atoms with Crippen molar-refractivity contribution in [1.29, 1.82) is 0 Å². The third kappa shape index (κ3) is 3.47. The molecule has 33 heavy (non-hydrogen) atoms. The lowest BCUT2D eigenvalue weighted by Crippen LogP contribution is -2.54. The van der Waals surface area contributed by atoms with E-state index >= 15 is 0 Å². The Morgan fingerprint density at radius 2 is 1.64 bits per heavy atom. The Balaban J connectivity index is 1.64. The molecular weight excluding hydrogens is 404 g/mol. The molecule has 0 spiro atoms. The topological polar surface area (TPSA) is 37.3 Å². The Bertz CT molecular complexity index is 862. The van der Waals surface area contributed by atoms with Crippen molar-refractivity contribution in [3.8, 4) is 0 Å². The third-order valence-corrected chi connectivity index (χ3v) is 12.0. The first-order valence-electron chi connectivity index (χ1n) is 13.8. The van der Waals surface area contributed by atoms with Crippen LogP contribution in [0.25, 0.3) is 0 Å². The van der Waals surface area contributed by atoms with Crippen LogP contribution in [0.2, 0.25) is 0 Å². The van der Waals surface area contributed by atoms with E-state index in [4.69, 9.17) is 0 Å². The van der Waals surface area contributed by atoms with Crippen LogP contribution in [-0.4, -0.2) is 17.0 Å². The van der Waals surface area contributed by atoms with Gasteiger partial charge in [0.1, 0.15) is 5.78 Å². The molecule has 0 amide bonds. The normalized spacial score (nSPS) is 41.9. The highest BCUT2D eigenvalue weighted by Crippen LogP contribution is 2.72. The number of carbonyl (C=O) groups excluding carboxylic acids is 1. The molecule has 2 nitrogen and oxygen atoms in total. The summed E-state index contributed by atoms with van der Waals surface area (Å²) in [6.07, 6.45) is 9.65. The maximum Gasteiger partial charge on any atom is 0.138 e. The summed E-state index contributed by atoms with van der Waals surface area (Å²) in [6.45, 7) is 23.0. The van der Waals surface area contributed by atoms with Crippen LogP contribution in [0.3, 0.4) is 0 Å². The van der Waals surface area contributed by atoms with Gasteiger partial charge < -0.3 is 5.11 Å². The number of allylic oxidation sites excluding steroid dienone is 2. The summed E-state index contributed by atoms with van der Waals surface area (Å²) in [5.41, 5.74) is 5.09. The summed E-state index contributed by atoms with van der Waals surface area (Å²) in [5, 5.41) is 10.8. The molecule has 1 N–H and O–H groups in total. The molecule has 0 bridgehead atoms. The first kappa shape index (κ1) is 25.2. The van der Waals surface area contributed by atoms with Crippen molar-refractivity contribution in [3.63, 3.8) is 0 Å². The lowest BCUT2D eigenvalue weighted by atomic mass is 9.43. The Morgan fingerprint density at radius 3 is 2.27 bits per heavy atom. The van der Waals surface area contributed by atoms with Crippen molar-refractivity contribution >= 4 is 5.78 Å². The van der Waals surface area contributed by atoms with E-state index in [0.29, 0.717) is 34.9 Å². The van der Waals surface area contributed by atoms with E-state index in [9.17, 15) is 9.90 Å². The van der Waals surface area contributed by atoms with E-state index in [0.717, 1.165) is 24.8 Å². The molecule has 4 aliphatic rings. The Hall–Kier alpha value is -0.890. The van der Waals surface area contributed by atoms with Gasteiger partial charge in [-0.05, 0) is 96.9 Å². The van der Waals surface area contributed by atoms with Crippen LogP contribution in [0.4, 0.5) is 0 Å². The van der Waals surface area contributed by atoms with E-state index in [2.05, 4.69) is 62.0 Å². The number of rotatable bonds is 5. The van der Waals surface area contributed by atoms with Gasteiger partial charge in [0.15, 0.2) is 0 Å². The van der Waals surface area contributed by atoms with Crippen molar-refractivity contribution in [3.05, 3.63) is 23.3 Å². The number of aliphatic hydroxyl groups is 1. The molecule has 186 valence electrons. The first-order chi connectivity index (χ1) is 15.2. The molecule has 4 aliphatic carbocycles. The molecule has 0 heterocycles. The zero-order chi connectivity index (χ0) is 24.6. The van der Waals surface area contributed by atoms with E-state index in [1.807, 2.05) is 0 Å². The zero-order valence-electron chi connectivity index (χ0n) is 22.8. The number of carbonyl (C=O) groups is 1. The highest BCUT2D eigenvalue weighted by Gasteiger charge is 2.63. The fraction of sp³-hybridized carbons (Fsp3) is 0.839. The van der Waals surface area contributed by atoms with E-state index < -0.39 is 0 Å². The molecule has 2 fully saturated rings. The van der Waals surface area contributed by atoms with Crippen LogP contribution in [0.5, 0.6) is 0 Å². The van der Waals surface area contributed by atoms with Crippen molar-refractivity contribution in [1.82, 2.24) is 0 Å². The van der Waals surface area contributed by atoms with E-state index in [-0.39, 0.29) is 22.3 Å². The fourth-order valence-corrected chi connectivity index (χ4v) is 9.49. The number of hydrogen-bond donors (Lipinski definition) is 1. The largest absolute Gasteiger partial charge is 0.389 e. The number of ketones is 1. The third-order valence-electron chi connectivity index (χ3n) is 12.0. The molecule has 7 atom stereocenters. The lowest BCUT2D eigenvalue weighted by molar-refractivity contribution is -0.139. The number of hydrogen-bond acceptors (Lipinski definition) is 2. The fourth-order valence-electron chi connectivity index (χ4n) is 9.49. The summed E-state index contributed by atoms with van der Waals surface area (Å²) >= 11 is 0. The second kappa shape index (κ2) is 8.07. The van der Waals surface area contributed by atoms with Gasteiger partial charge in [0.05, 0.1) is 6.10 Å². The summed E-state index contributed by atoms with van der Waals surface area (Å²) in [5.74, 6) is 2.47. The molecule has 2 heteroatoms. The number of aliphatic hydroxyl groups excluding tert-OH is 1. The minimum absolute atomic E-state index is 0.186. The summed E-state index contributed by atoms with van der Waals surface area (Å²) in [6, 6.07) is 0. The van der Waals surface area contributed by atoms with Gasteiger partial charge in [-0.2, -0.15) is 0 Å². The average molecular weight is 455 g/mol. The lowest BCUT2D eigenvalue weighted by Gasteiger charge is -2.61. The van der Waals surface area contributed by atoms with E-state index in [1.165, 1.54) is 38.5 Å². The maximum absolute atomic E-state index is 12.8. The van der Waals surface area contributed by atoms with Crippen molar-refractivity contribution in [2.75, 3.05) is 0 Å². The summed E-state index contributed by atoms with van der Waals surface area (Å²) < 4.78 is 0. The van der Waals surface area contributed by atoms with Gasteiger partial charge in [-0.25, -0.2) is 0 Å². The predicted octanol–water partition coefficient (Wildman–Crippen LogP) is 7.90. The maximum atomic E-state index is 12.8. The zero-order valence-corrected chi connectivity index (χ0v) is 22.8. The van der Waals surface area contributed by atoms with Crippen LogP contribution in [0.1, 0.15) is 113 Å². The minimum Gasteiger partial charge on any atom is -0.389 e. The standard InChI is InChI=1S/C31H50O2/c1-19(2)21(4)25(32)18-20(3)22-12-16-31(9)24-10-11-26-28(5,6)27(33)14-15-29(26,7)23(24)13-17-30(22,31)8/h19-20,22,25-26,32H,4,10-18H2,1-3,5-9H3/t20-,22-,25?,26+,29-,30-,31+/m1/s1. The number of Topliss-reactive ketones (excluding diaryl/α,β-unsaturated/α-hetero) is 1. The number of fused-ring (bicyclic) bond motifs is 4. The Labute approximate surface area is 203 Å². The van der Waals surface area contributed by atoms with Gasteiger partial charge in [-0.1, -0.05) is 73.1 Å². The van der Waals surface area contributed by atoms with Gasteiger partial charge in [0.25, 0.3) is 0 Å². The highest BCUT2D eigenvalue weighted by atomic mass is 16.3. The molecule has 4 rings (SSSR count). The Morgan fingerprint density at radius 1 is 0.970 bits per heavy atom. The van der Waals surface area contributed by atoms with Crippen LogP contribution in [0, 0.1) is 45.3 Å². The SMILES string of the molecule is C=C(C(C)C)C(O)C[C@@H](C)[C@H]1CC[C@@]2(C)C3=C(CC[C@]12C)[C@@]1(C)CCC(=O)C(C)(C)[C@@H]1CC3. The van der Waals surface area contributed by atoms with Crippen LogP contribution < -0.4 is 0 Å². The Kier molecular flexibility index (Phi) is 6.17. The van der Waals surface area contributed by atoms with Gasteiger partial charge in [-0.15, -0.1) is 0 Å². The molecule has 1 unspecified atom stereocenters. The van der Waals surface area contributed by atoms with Crippen LogP contribution >= 0.6 is 0 Å². The minimum atomic E-state index is -0.384. The molecule has 0 aromatic carbocycles. The quantitative estimate of drug-likeness (QED) is 0.429. The molecule has 0 aliphatic heterocycles. The second-order valence-corrected chi connectivity index (χ2v) is 14.0. The molecule has 2 saturated carbocycles. The van der Waals surface area contributed by atoms with Gasteiger partial charge in [0, 0.05) is 11.8 Å². The molecule has 0 radical (unpaired) electrons. The molecule has 0 saturated heterocycles. The van der Waals surface area contributed by atoms with Crippen LogP contribution in [0.15, 0.2) is 23.3 Å². The van der Waals surface area contributed by atoms with Crippen LogP contribution in [-0.2, 0) is 4.79 Å². The molecule has 0 aromatic rings. The first-order valence-corrected chi connectivity index (χ1v) is 13.8. The molecule has 0 aromatic heterocycles. The monoisotopic (exact) mass is 454 g/mol. The van der Waals surface area contributed by atoms with Gasteiger partial charge in [-0.3, -0.25) is 4.79 Å². The van der Waals surface area contributed by atoms with Crippen molar-refractivity contribution in [2.45, 2.75) is 119 Å². The van der Waals surface area contributed by atoms with Gasteiger partial charge in [0.2, 0.25) is 0 Å².